The topological polar surface area (TPSA) is 0 Å². The van der Waals surface area contributed by atoms with Gasteiger partial charge in [0, 0.05) is 0 Å². The van der Waals surface area contributed by atoms with Crippen molar-refractivity contribution >= 4 is 6.08 Å². The van der Waals surface area contributed by atoms with Gasteiger partial charge in [-0.1, -0.05) is 45.1 Å². The van der Waals surface area contributed by atoms with Crippen molar-refractivity contribution in [2.75, 3.05) is 0 Å². The summed E-state index contributed by atoms with van der Waals surface area (Å²) in [5, 5.41) is 0. The minimum atomic E-state index is 0.268. The number of aryl methyl sites for hydroxylation is 1. The first-order chi connectivity index (χ1) is 6.50. The Balaban J connectivity index is 2.63. The molecule has 0 saturated heterocycles. The molecule has 1 aliphatic rings. The Morgan fingerprint density at radius 1 is 1.14 bits per heavy atom. The number of benzene rings is 1. The van der Waals surface area contributed by atoms with Crippen LogP contribution in [0.2, 0.25) is 0 Å². The first-order valence-corrected chi connectivity index (χ1v) is 5.29. The fourth-order valence-electron chi connectivity index (χ4n) is 2.23. The van der Waals surface area contributed by atoms with Crippen molar-refractivity contribution in [2.45, 2.75) is 39.5 Å². The highest BCUT2D eigenvalue weighted by Gasteiger charge is 2.21. The van der Waals surface area contributed by atoms with Gasteiger partial charge in [0.2, 0.25) is 0 Å². The Bertz CT molecular complexity index is 389. The Kier molecular flexibility index (Phi) is 2.02. The first kappa shape index (κ1) is 9.51. The van der Waals surface area contributed by atoms with Crippen LogP contribution in [0.15, 0.2) is 18.2 Å². The fourth-order valence-corrected chi connectivity index (χ4v) is 2.23. The van der Waals surface area contributed by atoms with Gasteiger partial charge in [-0.15, -0.1) is 0 Å². The molecule has 74 valence electrons. The maximum atomic E-state index is 2.29. The van der Waals surface area contributed by atoms with E-state index in [-0.39, 0.29) is 5.41 Å². The second-order valence-corrected chi connectivity index (χ2v) is 5.18. The lowest BCUT2D eigenvalue weighted by Gasteiger charge is -2.23. The summed E-state index contributed by atoms with van der Waals surface area (Å²) in [5.41, 5.74) is 6.17. The van der Waals surface area contributed by atoms with E-state index < -0.39 is 0 Å². The molecule has 0 saturated carbocycles. The summed E-state index contributed by atoms with van der Waals surface area (Å²) in [6, 6.07) is 4.54. The number of hydrogen-bond acceptors (Lipinski definition) is 0. The van der Waals surface area contributed by atoms with Crippen LogP contribution in [0.1, 0.15) is 43.0 Å². The fraction of sp³-hybridized carbons (Fsp3) is 0.429. The average Bonchev–Trinajstić information content (AvgIpc) is 2.50. The molecule has 0 unspecified atom stereocenters. The molecule has 0 heterocycles. The Morgan fingerprint density at radius 2 is 1.86 bits per heavy atom. The maximum absolute atomic E-state index is 2.29. The van der Waals surface area contributed by atoms with Crippen LogP contribution in [0, 0.1) is 6.92 Å². The molecular weight excluding hydrogens is 168 g/mol. The van der Waals surface area contributed by atoms with Crippen LogP contribution >= 0.6 is 0 Å². The molecule has 0 nitrogen and oxygen atoms in total. The molecule has 0 fully saturated rings. The molecule has 0 radical (unpaired) electrons. The van der Waals surface area contributed by atoms with Crippen molar-refractivity contribution in [3.05, 3.63) is 40.5 Å². The predicted molar refractivity (Wildman–Crippen MR) is 62.6 cm³/mol. The summed E-state index contributed by atoms with van der Waals surface area (Å²) in [5.74, 6) is 0. The van der Waals surface area contributed by atoms with E-state index >= 15 is 0 Å². The van der Waals surface area contributed by atoms with Crippen molar-refractivity contribution in [3.63, 3.8) is 0 Å². The van der Waals surface area contributed by atoms with E-state index in [1.807, 2.05) is 0 Å². The summed E-state index contributed by atoms with van der Waals surface area (Å²) < 4.78 is 0. The van der Waals surface area contributed by atoms with Crippen LogP contribution in [-0.2, 0) is 11.8 Å². The third-order valence-corrected chi connectivity index (χ3v) is 2.99. The largest absolute Gasteiger partial charge is 0.0795 e. The highest BCUT2D eigenvalue weighted by Crippen LogP contribution is 2.33. The molecule has 1 aromatic rings. The zero-order chi connectivity index (χ0) is 10.3. The predicted octanol–water partition coefficient (Wildman–Crippen LogP) is 3.86. The summed E-state index contributed by atoms with van der Waals surface area (Å²) in [4.78, 5) is 0. The van der Waals surface area contributed by atoms with E-state index in [0.29, 0.717) is 0 Å². The lowest BCUT2D eigenvalue weighted by Crippen LogP contribution is -2.14. The van der Waals surface area contributed by atoms with Gasteiger partial charge in [-0.25, -0.2) is 0 Å². The van der Waals surface area contributed by atoms with Gasteiger partial charge in [0.15, 0.2) is 0 Å². The van der Waals surface area contributed by atoms with Gasteiger partial charge < -0.3 is 0 Å². The molecule has 1 aliphatic carbocycles. The van der Waals surface area contributed by atoms with Crippen LogP contribution in [0.25, 0.3) is 6.08 Å². The number of allylic oxidation sites excluding steroid dienone is 1. The number of rotatable bonds is 0. The molecule has 0 aliphatic heterocycles. The quantitative estimate of drug-likeness (QED) is 0.577. The monoisotopic (exact) mass is 186 g/mol. The Labute approximate surface area is 86.7 Å². The second kappa shape index (κ2) is 2.98. The minimum Gasteiger partial charge on any atom is -0.0795 e. The summed E-state index contributed by atoms with van der Waals surface area (Å²) >= 11 is 0. The smallest absolute Gasteiger partial charge is 0.00851 e. The van der Waals surface area contributed by atoms with Crippen LogP contribution < -0.4 is 0 Å². The van der Waals surface area contributed by atoms with Gasteiger partial charge in [0.25, 0.3) is 0 Å². The van der Waals surface area contributed by atoms with Crippen LogP contribution in [0.5, 0.6) is 0 Å². The van der Waals surface area contributed by atoms with E-state index in [0.717, 1.165) is 6.42 Å². The molecule has 0 aromatic heterocycles. The molecule has 0 heteroatoms. The van der Waals surface area contributed by atoms with E-state index in [2.05, 4.69) is 52.0 Å². The van der Waals surface area contributed by atoms with Crippen molar-refractivity contribution in [3.8, 4) is 0 Å². The van der Waals surface area contributed by atoms with Crippen LogP contribution in [0.3, 0.4) is 0 Å². The van der Waals surface area contributed by atoms with Crippen molar-refractivity contribution in [1.82, 2.24) is 0 Å². The van der Waals surface area contributed by atoms with Crippen molar-refractivity contribution < 1.29 is 0 Å². The molecule has 14 heavy (non-hydrogen) atoms. The van der Waals surface area contributed by atoms with Gasteiger partial charge in [-0.3, -0.25) is 0 Å². The van der Waals surface area contributed by atoms with E-state index in [9.17, 15) is 0 Å². The average molecular weight is 186 g/mol. The van der Waals surface area contributed by atoms with Gasteiger partial charge in [0.05, 0.1) is 0 Å². The zero-order valence-corrected chi connectivity index (χ0v) is 9.52. The molecule has 0 N–H and O–H groups in total. The Morgan fingerprint density at radius 3 is 2.50 bits per heavy atom. The van der Waals surface area contributed by atoms with Crippen molar-refractivity contribution in [1.29, 1.82) is 0 Å². The number of hydrogen-bond donors (Lipinski definition) is 0. The summed E-state index contributed by atoms with van der Waals surface area (Å²) in [6.45, 7) is 9.06. The molecule has 0 amide bonds. The molecular formula is C14H18. The molecule has 0 bridgehead atoms. The van der Waals surface area contributed by atoms with Crippen molar-refractivity contribution in [2.24, 2.45) is 0 Å². The van der Waals surface area contributed by atoms with Crippen LogP contribution in [0.4, 0.5) is 0 Å². The third-order valence-electron chi connectivity index (χ3n) is 2.99. The highest BCUT2D eigenvalue weighted by atomic mass is 14.3. The minimum absolute atomic E-state index is 0.268. The number of fused-ring (bicyclic) bond motifs is 1. The maximum Gasteiger partial charge on any atom is -0.00851 e. The van der Waals surface area contributed by atoms with Gasteiger partial charge in [-0.05, 0) is 41.0 Å². The SMILES string of the molecule is Cc1ccc(C(C)(C)C)c2c1C=CC2. The molecule has 0 atom stereocenters. The van der Waals surface area contributed by atoms with E-state index in [4.69, 9.17) is 0 Å². The first-order valence-electron chi connectivity index (χ1n) is 5.29. The molecule has 1 aromatic carbocycles. The normalized spacial score (nSPS) is 14.6. The van der Waals surface area contributed by atoms with E-state index in [1.54, 1.807) is 0 Å². The van der Waals surface area contributed by atoms with Gasteiger partial charge >= 0.3 is 0 Å². The zero-order valence-electron chi connectivity index (χ0n) is 9.52. The van der Waals surface area contributed by atoms with Gasteiger partial charge in [-0.2, -0.15) is 0 Å². The summed E-state index contributed by atoms with van der Waals surface area (Å²) in [6.07, 6.45) is 5.65. The standard InChI is InChI=1S/C14H18/c1-10-8-9-13(14(2,3)4)12-7-5-6-11(10)12/h5-6,8-9H,7H2,1-4H3. The van der Waals surface area contributed by atoms with Crippen LogP contribution in [-0.4, -0.2) is 0 Å². The molecule has 2 rings (SSSR count). The second-order valence-electron chi connectivity index (χ2n) is 5.18. The van der Waals surface area contributed by atoms with E-state index in [1.165, 1.54) is 22.3 Å². The Hall–Kier alpha value is -1.04. The third kappa shape index (κ3) is 1.39. The lowest BCUT2D eigenvalue weighted by molar-refractivity contribution is 0.584. The lowest BCUT2D eigenvalue weighted by atomic mass is 9.81. The summed E-state index contributed by atoms with van der Waals surface area (Å²) in [7, 11) is 0. The molecule has 0 spiro atoms. The highest BCUT2D eigenvalue weighted by molar-refractivity contribution is 5.65. The van der Waals surface area contributed by atoms with Gasteiger partial charge in [0.1, 0.15) is 0 Å².